The first-order chi connectivity index (χ1) is 11.6. The molecule has 1 radical (unpaired) electrons. The van der Waals surface area contributed by atoms with E-state index in [9.17, 15) is 0 Å². The van der Waals surface area contributed by atoms with Crippen molar-refractivity contribution in [2.45, 2.75) is 6.92 Å². The van der Waals surface area contributed by atoms with E-state index in [1.165, 1.54) is 20.6 Å². The SMILES string of the molecule is C=c1c(C)ccc/c1=C/C=C\[N](C)[Al][c]1cccc2cccnc12. The van der Waals surface area contributed by atoms with Gasteiger partial charge < -0.3 is 3.88 Å². The number of benzene rings is 2. The van der Waals surface area contributed by atoms with Crippen LogP contribution in [-0.2, 0) is 0 Å². The van der Waals surface area contributed by atoms with Crippen molar-refractivity contribution in [3.8, 4) is 0 Å². The van der Waals surface area contributed by atoms with Gasteiger partial charge in [0.1, 0.15) is 0 Å². The normalized spacial score (nSPS) is 12.0. The van der Waals surface area contributed by atoms with Crippen LogP contribution in [0.2, 0.25) is 0 Å². The lowest BCUT2D eigenvalue weighted by atomic mass is 10.1. The Kier molecular flexibility index (Phi) is 5.15. The minimum absolute atomic E-state index is 0.0176. The second-order valence-corrected chi connectivity index (χ2v) is 7.56. The molecule has 0 spiro atoms. The molecular weight excluding hydrogens is 307 g/mol. The van der Waals surface area contributed by atoms with Gasteiger partial charge in [-0.2, -0.15) is 0 Å². The van der Waals surface area contributed by atoms with E-state index < -0.39 is 0 Å². The molecule has 3 aromatic rings. The van der Waals surface area contributed by atoms with Gasteiger partial charge in [-0.15, -0.1) is 0 Å². The molecule has 24 heavy (non-hydrogen) atoms. The molecule has 0 N–H and O–H groups in total. The third-order valence-corrected chi connectivity index (χ3v) is 5.37. The highest BCUT2D eigenvalue weighted by Gasteiger charge is 2.06. The zero-order chi connectivity index (χ0) is 16.9. The van der Waals surface area contributed by atoms with Crippen molar-refractivity contribution in [1.29, 1.82) is 0 Å². The van der Waals surface area contributed by atoms with Crippen LogP contribution in [0.3, 0.4) is 0 Å². The van der Waals surface area contributed by atoms with Crippen LogP contribution in [0.1, 0.15) is 5.56 Å². The average molecular weight is 327 g/mol. The molecule has 2 aromatic carbocycles. The van der Waals surface area contributed by atoms with E-state index in [0.29, 0.717) is 0 Å². The molecule has 1 heterocycles. The van der Waals surface area contributed by atoms with Gasteiger partial charge >= 0.3 is 15.4 Å². The highest BCUT2D eigenvalue weighted by Crippen LogP contribution is 2.07. The number of pyridine rings is 1. The van der Waals surface area contributed by atoms with Crippen LogP contribution >= 0.6 is 0 Å². The topological polar surface area (TPSA) is 16.1 Å². The van der Waals surface area contributed by atoms with Crippen LogP contribution in [0.5, 0.6) is 0 Å². The zero-order valence-corrected chi connectivity index (χ0v) is 15.3. The Hall–Kier alpha value is -2.34. The minimum Gasteiger partial charge on any atom is -0.474 e. The summed E-state index contributed by atoms with van der Waals surface area (Å²) >= 11 is -0.0176. The Morgan fingerprint density at radius 1 is 1.08 bits per heavy atom. The van der Waals surface area contributed by atoms with E-state index in [1.807, 2.05) is 12.3 Å². The number of hydrogen-bond donors (Lipinski definition) is 0. The number of fused-ring (bicyclic) bond motifs is 1. The summed E-state index contributed by atoms with van der Waals surface area (Å²) < 4.78 is 3.56. The number of aryl methyl sites for hydroxylation is 1. The first-order valence-corrected chi connectivity index (χ1v) is 9.08. The van der Waals surface area contributed by atoms with Crippen molar-refractivity contribution in [3.63, 3.8) is 0 Å². The molecule has 0 fully saturated rings. The summed E-state index contributed by atoms with van der Waals surface area (Å²) in [5.41, 5.74) is 2.33. The molecule has 3 rings (SSSR count). The zero-order valence-electron chi connectivity index (χ0n) is 14.1. The van der Waals surface area contributed by atoms with Crippen LogP contribution in [0.25, 0.3) is 23.6 Å². The molecule has 2 nitrogen and oxygen atoms in total. The number of rotatable bonds is 4. The minimum atomic E-state index is -0.0176. The summed E-state index contributed by atoms with van der Waals surface area (Å²) in [6, 6.07) is 16.8. The summed E-state index contributed by atoms with van der Waals surface area (Å²) in [6.07, 6.45) is 8.20. The summed E-state index contributed by atoms with van der Waals surface area (Å²) in [5, 5.41) is 3.46. The van der Waals surface area contributed by atoms with Crippen LogP contribution < -0.4 is 14.9 Å². The van der Waals surface area contributed by atoms with Gasteiger partial charge in [-0.3, -0.25) is 4.98 Å². The van der Waals surface area contributed by atoms with Gasteiger partial charge in [0.25, 0.3) is 0 Å². The predicted octanol–water partition coefficient (Wildman–Crippen LogP) is 2.12. The third kappa shape index (κ3) is 3.76. The fourth-order valence-corrected chi connectivity index (χ4v) is 3.84. The Morgan fingerprint density at radius 2 is 1.88 bits per heavy atom. The van der Waals surface area contributed by atoms with E-state index in [1.54, 1.807) is 0 Å². The molecule has 0 saturated heterocycles. The number of para-hydroxylation sites is 1. The molecule has 0 aliphatic rings. The largest absolute Gasteiger partial charge is 0.474 e. The Morgan fingerprint density at radius 3 is 2.75 bits per heavy atom. The standard InChI is InChI=1S/C12H14N.C9H6N.Al/c1-10-6-4-7-12(11(10)2)8-5-9-13-3;1-2-6-9-8(4-1)5-3-7-10-9;/h4-9H,2H2,1,3H3;1-5,7H;/q-1;;+1/b9-5-,12-8-;;. The summed E-state index contributed by atoms with van der Waals surface area (Å²) in [5.74, 6) is 0. The van der Waals surface area contributed by atoms with Gasteiger partial charge in [0.15, 0.2) is 0 Å². The van der Waals surface area contributed by atoms with Crippen LogP contribution in [0.4, 0.5) is 0 Å². The molecule has 0 atom stereocenters. The van der Waals surface area contributed by atoms with Gasteiger partial charge in [0.2, 0.25) is 0 Å². The average Bonchev–Trinajstić information content (AvgIpc) is 2.59. The van der Waals surface area contributed by atoms with E-state index in [4.69, 9.17) is 0 Å². The molecule has 0 aliphatic heterocycles. The van der Waals surface area contributed by atoms with Crippen LogP contribution in [-0.4, -0.2) is 31.4 Å². The second-order valence-electron chi connectivity index (χ2n) is 5.87. The fourth-order valence-electron chi connectivity index (χ4n) is 2.66. The predicted molar refractivity (Wildman–Crippen MR) is 104 cm³/mol. The van der Waals surface area contributed by atoms with Gasteiger partial charge in [-0.25, -0.2) is 0 Å². The van der Waals surface area contributed by atoms with E-state index >= 15 is 0 Å². The maximum absolute atomic E-state index is 4.54. The van der Waals surface area contributed by atoms with E-state index in [2.05, 4.69) is 90.2 Å². The molecule has 0 aliphatic carbocycles. The van der Waals surface area contributed by atoms with E-state index in [-0.39, 0.29) is 15.4 Å². The number of hydrogen-bond acceptors (Lipinski definition) is 2. The highest BCUT2D eigenvalue weighted by atomic mass is 27.1. The molecule has 0 bridgehead atoms. The van der Waals surface area contributed by atoms with E-state index in [0.717, 1.165) is 10.7 Å². The van der Waals surface area contributed by atoms with Crippen LogP contribution in [0.15, 0.2) is 67.0 Å². The summed E-state index contributed by atoms with van der Waals surface area (Å²) in [4.78, 5) is 4.54. The van der Waals surface area contributed by atoms with Gasteiger partial charge in [-0.05, 0) is 53.7 Å². The van der Waals surface area contributed by atoms with Crippen molar-refractivity contribution in [3.05, 3.63) is 83.0 Å². The van der Waals surface area contributed by atoms with Crippen molar-refractivity contribution in [1.82, 2.24) is 8.87 Å². The van der Waals surface area contributed by atoms with Crippen molar-refractivity contribution < 1.29 is 0 Å². The lowest BCUT2D eigenvalue weighted by molar-refractivity contribution is 0.739. The Balaban J connectivity index is 1.79. The maximum Gasteiger partial charge on any atom is 0.418 e. The molecule has 1 aromatic heterocycles. The summed E-state index contributed by atoms with van der Waals surface area (Å²) in [6.45, 7) is 6.23. The quantitative estimate of drug-likeness (QED) is 0.683. The van der Waals surface area contributed by atoms with Crippen molar-refractivity contribution in [2.24, 2.45) is 0 Å². The fraction of sp³-hybridized carbons (Fsp3) is 0.0952. The molecule has 0 amide bonds. The van der Waals surface area contributed by atoms with Gasteiger partial charge in [0, 0.05) is 6.20 Å². The molecule has 3 heteroatoms. The van der Waals surface area contributed by atoms with Gasteiger partial charge in [-0.1, -0.05) is 59.5 Å². The maximum atomic E-state index is 4.54. The Labute approximate surface area is 149 Å². The lowest BCUT2D eigenvalue weighted by Crippen LogP contribution is -2.29. The first-order valence-electron chi connectivity index (χ1n) is 7.99. The monoisotopic (exact) mass is 327 g/mol. The highest BCUT2D eigenvalue weighted by molar-refractivity contribution is 6.54. The lowest BCUT2D eigenvalue weighted by Gasteiger charge is -2.13. The van der Waals surface area contributed by atoms with Gasteiger partial charge in [0.05, 0.1) is 5.52 Å². The van der Waals surface area contributed by atoms with Crippen LogP contribution in [0, 0.1) is 6.92 Å². The summed E-state index contributed by atoms with van der Waals surface area (Å²) in [7, 11) is 2.11. The smallest absolute Gasteiger partial charge is 0.418 e. The molecular formula is C21H20AlN2. The molecule has 117 valence electrons. The molecule has 0 unspecified atom stereocenters. The number of aromatic nitrogens is 1. The first kappa shape index (κ1) is 16.5. The number of nitrogens with zero attached hydrogens (tertiary/aromatic N) is 2. The van der Waals surface area contributed by atoms with Crippen molar-refractivity contribution in [2.75, 3.05) is 7.05 Å². The molecule has 0 saturated carbocycles. The Bertz CT molecular complexity index is 987. The number of allylic oxidation sites excluding steroid dienone is 1. The second kappa shape index (κ2) is 7.49. The third-order valence-electron chi connectivity index (χ3n) is 4.05. The van der Waals surface area contributed by atoms with Crippen molar-refractivity contribution >= 4 is 43.4 Å².